The van der Waals surface area contributed by atoms with Crippen LogP contribution in [0.4, 0.5) is 0 Å². The third kappa shape index (κ3) is 2.79. The zero-order chi connectivity index (χ0) is 13.5. The topological polar surface area (TPSA) is 56.3 Å². The summed E-state index contributed by atoms with van der Waals surface area (Å²) in [6, 6.07) is 5.98. The summed E-state index contributed by atoms with van der Waals surface area (Å²) in [5, 5.41) is 2.53. The third-order valence-corrected chi connectivity index (χ3v) is 4.75. The van der Waals surface area contributed by atoms with Gasteiger partial charge in [-0.3, -0.25) is 0 Å². The van der Waals surface area contributed by atoms with E-state index in [1.807, 2.05) is 17.5 Å². The monoisotopic (exact) mass is 295 g/mol. The Kier molecular flexibility index (Phi) is 3.06. The molecule has 1 aliphatic heterocycles. The minimum absolute atomic E-state index is 0.00567. The summed E-state index contributed by atoms with van der Waals surface area (Å²) in [7, 11) is -3.03. The molecular weight excluding hydrogens is 282 g/mol. The average molecular weight is 295 g/mol. The van der Waals surface area contributed by atoms with Gasteiger partial charge in [0, 0.05) is 23.6 Å². The maximum atomic E-state index is 11.2. The van der Waals surface area contributed by atoms with Gasteiger partial charge in [-0.25, -0.2) is 13.4 Å². The van der Waals surface area contributed by atoms with E-state index in [0.29, 0.717) is 5.01 Å². The molecule has 4 nitrogen and oxygen atoms in total. The highest BCUT2D eigenvalue weighted by atomic mass is 32.2. The average Bonchev–Trinajstić information content (AvgIpc) is 2.93. The minimum atomic E-state index is -3.03. The molecule has 2 heterocycles. The van der Waals surface area contributed by atoms with Crippen LogP contribution in [0.15, 0.2) is 23.6 Å². The van der Waals surface area contributed by atoms with Crippen LogP contribution in [0, 0.1) is 0 Å². The smallest absolute Gasteiger partial charge is 0.153 e. The van der Waals surface area contributed by atoms with Crippen molar-refractivity contribution in [3.8, 4) is 17.0 Å². The second-order valence-corrected chi connectivity index (χ2v) is 7.70. The molecule has 6 heteroatoms. The Morgan fingerprint density at radius 1 is 1.42 bits per heavy atom. The predicted octanol–water partition coefficient (Wildman–Crippen LogP) is 2.29. The molecule has 0 atom stereocenters. The first kappa shape index (κ1) is 12.6. The SMILES string of the molecule is CS(=O)(=O)Cc1nc(-c2ccc3c(c2)CCO3)cs1. The van der Waals surface area contributed by atoms with Crippen LogP contribution < -0.4 is 4.74 Å². The molecule has 0 unspecified atom stereocenters. The van der Waals surface area contributed by atoms with Gasteiger partial charge < -0.3 is 4.74 Å². The fourth-order valence-electron chi connectivity index (χ4n) is 2.08. The van der Waals surface area contributed by atoms with Gasteiger partial charge in [0.2, 0.25) is 0 Å². The minimum Gasteiger partial charge on any atom is -0.493 e. The van der Waals surface area contributed by atoms with Crippen LogP contribution in [-0.2, 0) is 22.0 Å². The van der Waals surface area contributed by atoms with Crippen molar-refractivity contribution in [3.05, 3.63) is 34.2 Å². The Morgan fingerprint density at radius 2 is 2.26 bits per heavy atom. The molecule has 0 radical (unpaired) electrons. The Balaban J connectivity index is 1.90. The van der Waals surface area contributed by atoms with Gasteiger partial charge in [0.1, 0.15) is 16.5 Å². The maximum absolute atomic E-state index is 11.2. The van der Waals surface area contributed by atoms with E-state index in [0.717, 1.165) is 30.0 Å². The van der Waals surface area contributed by atoms with Crippen molar-refractivity contribution in [1.29, 1.82) is 0 Å². The van der Waals surface area contributed by atoms with Crippen molar-refractivity contribution in [2.75, 3.05) is 12.9 Å². The van der Waals surface area contributed by atoms with Crippen molar-refractivity contribution < 1.29 is 13.2 Å². The van der Waals surface area contributed by atoms with Gasteiger partial charge in [0.15, 0.2) is 9.84 Å². The summed E-state index contributed by atoms with van der Waals surface area (Å²) in [6.07, 6.45) is 2.14. The van der Waals surface area contributed by atoms with Crippen molar-refractivity contribution in [3.63, 3.8) is 0 Å². The van der Waals surface area contributed by atoms with Crippen molar-refractivity contribution in [2.24, 2.45) is 0 Å². The molecule has 0 N–H and O–H groups in total. The van der Waals surface area contributed by atoms with E-state index >= 15 is 0 Å². The largest absolute Gasteiger partial charge is 0.493 e. The Hall–Kier alpha value is -1.40. The first-order chi connectivity index (χ1) is 9.01. The summed E-state index contributed by atoms with van der Waals surface area (Å²) in [5.74, 6) is 0.946. The van der Waals surface area contributed by atoms with Crippen LogP contribution >= 0.6 is 11.3 Å². The highest BCUT2D eigenvalue weighted by Crippen LogP contribution is 2.31. The molecular formula is C13H13NO3S2. The lowest BCUT2D eigenvalue weighted by atomic mass is 10.1. The number of hydrogen-bond donors (Lipinski definition) is 0. The summed E-state index contributed by atoms with van der Waals surface area (Å²) in [5.41, 5.74) is 3.04. The number of sulfone groups is 1. The Morgan fingerprint density at radius 3 is 3.05 bits per heavy atom. The maximum Gasteiger partial charge on any atom is 0.153 e. The molecule has 0 aliphatic carbocycles. The molecule has 19 heavy (non-hydrogen) atoms. The summed E-state index contributed by atoms with van der Waals surface area (Å²) >= 11 is 1.38. The van der Waals surface area contributed by atoms with E-state index in [1.165, 1.54) is 23.2 Å². The second-order valence-electron chi connectivity index (χ2n) is 4.62. The van der Waals surface area contributed by atoms with Gasteiger partial charge >= 0.3 is 0 Å². The second kappa shape index (κ2) is 4.61. The van der Waals surface area contributed by atoms with Crippen molar-refractivity contribution in [1.82, 2.24) is 4.98 Å². The van der Waals surface area contributed by atoms with Crippen LogP contribution in [0.1, 0.15) is 10.6 Å². The molecule has 3 rings (SSSR count). The summed E-state index contributed by atoms with van der Waals surface area (Å²) in [4.78, 5) is 4.39. The van der Waals surface area contributed by atoms with Gasteiger partial charge in [-0.15, -0.1) is 11.3 Å². The number of nitrogens with zero attached hydrogens (tertiary/aromatic N) is 1. The van der Waals surface area contributed by atoms with E-state index < -0.39 is 9.84 Å². The van der Waals surface area contributed by atoms with Crippen LogP contribution in [0.2, 0.25) is 0 Å². The fourth-order valence-corrected chi connectivity index (χ4v) is 4.10. The zero-order valence-electron chi connectivity index (χ0n) is 10.4. The molecule has 1 aromatic heterocycles. The fraction of sp³-hybridized carbons (Fsp3) is 0.308. The molecule has 0 saturated carbocycles. The number of ether oxygens (including phenoxy) is 1. The highest BCUT2D eigenvalue weighted by Gasteiger charge is 2.15. The van der Waals surface area contributed by atoms with E-state index in [4.69, 9.17) is 4.74 Å². The molecule has 1 aliphatic rings. The van der Waals surface area contributed by atoms with Gasteiger partial charge in [0.25, 0.3) is 0 Å². The molecule has 0 saturated heterocycles. The number of rotatable bonds is 3. The number of benzene rings is 1. The lowest BCUT2D eigenvalue weighted by Crippen LogP contribution is -1.99. The lowest BCUT2D eigenvalue weighted by molar-refractivity contribution is 0.357. The van der Waals surface area contributed by atoms with Gasteiger partial charge in [-0.05, 0) is 23.8 Å². The molecule has 100 valence electrons. The predicted molar refractivity (Wildman–Crippen MR) is 75.3 cm³/mol. The summed E-state index contributed by atoms with van der Waals surface area (Å²) < 4.78 is 28.0. The lowest BCUT2D eigenvalue weighted by Gasteiger charge is -2.01. The number of thiazole rings is 1. The zero-order valence-corrected chi connectivity index (χ0v) is 12.1. The third-order valence-electron chi connectivity index (χ3n) is 2.92. The standard InChI is InChI=1S/C13H13NO3S2/c1-19(15,16)8-13-14-11(7-18-13)9-2-3-12-10(6-9)4-5-17-12/h2-3,6-7H,4-5,8H2,1H3. The number of aromatic nitrogens is 1. The molecule has 1 aromatic carbocycles. The van der Waals surface area contributed by atoms with E-state index in [1.54, 1.807) is 0 Å². The van der Waals surface area contributed by atoms with Crippen LogP contribution in [0.25, 0.3) is 11.3 Å². The van der Waals surface area contributed by atoms with Gasteiger partial charge in [-0.1, -0.05) is 0 Å². The van der Waals surface area contributed by atoms with E-state index in [-0.39, 0.29) is 5.75 Å². The highest BCUT2D eigenvalue weighted by molar-refractivity contribution is 7.90. The summed E-state index contributed by atoms with van der Waals surface area (Å²) in [6.45, 7) is 0.731. The quantitative estimate of drug-likeness (QED) is 0.872. The van der Waals surface area contributed by atoms with E-state index in [9.17, 15) is 8.42 Å². The first-order valence-electron chi connectivity index (χ1n) is 5.89. The Labute approximate surface area is 116 Å². The molecule has 0 fully saturated rings. The molecule has 0 amide bonds. The van der Waals surface area contributed by atoms with Crippen LogP contribution in [-0.4, -0.2) is 26.3 Å². The van der Waals surface area contributed by atoms with Crippen LogP contribution in [0.3, 0.4) is 0 Å². The first-order valence-corrected chi connectivity index (χ1v) is 8.83. The normalized spacial score (nSPS) is 14.2. The molecule has 2 aromatic rings. The van der Waals surface area contributed by atoms with E-state index in [2.05, 4.69) is 11.1 Å². The Bertz CT molecular complexity index is 719. The van der Waals surface area contributed by atoms with Crippen molar-refractivity contribution >= 4 is 21.2 Å². The van der Waals surface area contributed by atoms with Gasteiger partial charge in [0.05, 0.1) is 12.3 Å². The van der Waals surface area contributed by atoms with Gasteiger partial charge in [-0.2, -0.15) is 0 Å². The number of hydrogen-bond acceptors (Lipinski definition) is 5. The number of fused-ring (bicyclic) bond motifs is 1. The van der Waals surface area contributed by atoms with Crippen LogP contribution in [0.5, 0.6) is 5.75 Å². The van der Waals surface area contributed by atoms with Crippen molar-refractivity contribution in [2.45, 2.75) is 12.2 Å². The molecule has 0 bridgehead atoms. The molecule has 0 spiro atoms.